The number of nitrogens with zero attached hydrogens (tertiary/aromatic N) is 3. The molecule has 5 rings (SSSR count). The SMILES string of the molecule is Cc1cc(C)c(-n2c[n+]3c(n2)CC[C@H]2Cc4ccccc4[C@H]23)c(C)c1.F[B-](F)(F)F. The molecule has 2 atom stereocenters. The van der Waals surface area contributed by atoms with Gasteiger partial charge in [0.25, 0.3) is 5.82 Å². The highest BCUT2D eigenvalue weighted by Gasteiger charge is 2.42. The van der Waals surface area contributed by atoms with Gasteiger partial charge in [-0.3, -0.25) is 0 Å². The average Bonchev–Trinajstić information content (AvgIpc) is 3.19. The molecule has 0 spiro atoms. The molecule has 30 heavy (non-hydrogen) atoms. The lowest BCUT2D eigenvalue weighted by molar-refractivity contribution is -0.732. The van der Waals surface area contributed by atoms with Gasteiger partial charge in [0.05, 0.1) is 0 Å². The number of halogens is 4. The molecule has 158 valence electrons. The van der Waals surface area contributed by atoms with Crippen molar-refractivity contribution in [2.24, 2.45) is 5.92 Å². The smallest absolute Gasteiger partial charge is 0.418 e. The van der Waals surface area contributed by atoms with Gasteiger partial charge in [-0.15, -0.1) is 0 Å². The van der Waals surface area contributed by atoms with Gasteiger partial charge in [-0.25, -0.2) is 4.57 Å². The third-order valence-electron chi connectivity index (χ3n) is 5.96. The fraction of sp³-hybridized carbons (Fsp3) is 0.364. The molecule has 8 heteroatoms. The number of hydrogen-bond donors (Lipinski definition) is 0. The van der Waals surface area contributed by atoms with Gasteiger partial charge in [-0.05, 0) is 55.9 Å². The van der Waals surface area contributed by atoms with E-state index in [1.165, 1.54) is 52.2 Å². The Bertz CT molecular complexity index is 1060. The molecule has 3 aromatic rings. The van der Waals surface area contributed by atoms with Gasteiger partial charge in [0.2, 0.25) is 6.33 Å². The fourth-order valence-corrected chi connectivity index (χ4v) is 5.05. The Kier molecular flexibility index (Phi) is 5.20. The molecule has 0 saturated heterocycles. The minimum absolute atomic E-state index is 0.458. The van der Waals surface area contributed by atoms with Crippen molar-refractivity contribution in [2.45, 2.75) is 46.1 Å². The number of aromatic nitrogens is 3. The van der Waals surface area contributed by atoms with Crippen LogP contribution < -0.4 is 4.57 Å². The van der Waals surface area contributed by atoms with E-state index in [4.69, 9.17) is 5.10 Å². The van der Waals surface area contributed by atoms with E-state index < -0.39 is 7.25 Å². The quantitative estimate of drug-likeness (QED) is 0.307. The summed E-state index contributed by atoms with van der Waals surface area (Å²) in [5.41, 5.74) is 8.15. The first-order valence-corrected chi connectivity index (χ1v) is 10.1. The summed E-state index contributed by atoms with van der Waals surface area (Å²) in [6, 6.07) is 13.9. The molecule has 0 bridgehead atoms. The van der Waals surface area contributed by atoms with Crippen LogP contribution in [0.25, 0.3) is 5.69 Å². The van der Waals surface area contributed by atoms with Crippen molar-refractivity contribution in [3.05, 3.63) is 76.4 Å². The maximum atomic E-state index is 9.75. The number of rotatable bonds is 1. The first-order chi connectivity index (χ1) is 14.1. The second-order valence-electron chi connectivity index (χ2n) is 8.27. The van der Waals surface area contributed by atoms with Crippen LogP contribution in [0.15, 0.2) is 42.7 Å². The van der Waals surface area contributed by atoms with Crippen LogP contribution in [0.2, 0.25) is 0 Å². The van der Waals surface area contributed by atoms with Crippen LogP contribution in [0.1, 0.15) is 46.1 Å². The molecule has 0 unspecified atom stereocenters. The molecule has 3 nitrogen and oxygen atoms in total. The van der Waals surface area contributed by atoms with Crippen LogP contribution in [0.3, 0.4) is 0 Å². The molecule has 0 fully saturated rings. The molecule has 2 aliphatic rings. The monoisotopic (exact) mass is 417 g/mol. The van der Waals surface area contributed by atoms with Crippen LogP contribution in [-0.2, 0) is 12.8 Å². The molecular formula is C22H24BF4N3. The number of benzene rings is 2. The lowest BCUT2D eigenvalue weighted by Crippen LogP contribution is -2.47. The zero-order valence-corrected chi connectivity index (χ0v) is 17.2. The molecular weight excluding hydrogens is 393 g/mol. The summed E-state index contributed by atoms with van der Waals surface area (Å²) in [5, 5.41) is 4.99. The standard InChI is InChI=1S/C22H24N3.BF4/c1-14-10-15(2)21(16(3)11-14)25-13-24-20(23-25)9-8-18-12-17-6-4-5-7-19(17)22(18)24;2-1(3,4)5/h4-7,10-11,13,18,22H,8-9,12H2,1-3H3;/q+1;-1/t18-,22-;/m0./s1. The van der Waals surface area contributed by atoms with E-state index in [0.29, 0.717) is 12.0 Å². The lowest BCUT2D eigenvalue weighted by atomic mass is 9.91. The molecule has 2 heterocycles. The first kappa shape index (κ1) is 20.6. The highest BCUT2D eigenvalue weighted by molar-refractivity contribution is 6.50. The van der Waals surface area contributed by atoms with Crippen LogP contribution in [-0.4, -0.2) is 17.0 Å². The van der Waals surface area contributed by atoms with Crippen molar-refractivity contribution in [3.8, 4) is 5.69 Å². The van der Waals surface area contributed by atoms with E-state index in [9.17, 15) is 17.3 Å². The zero-order chi connectivity index (χ0) is 21.6. The molecule has 1 aromatic heterocycles. The topological polar surface area (TPSA) is 21.7 Å². The fourth-order valence-electron chi connectivity index (χ4n) is 5.05. The minimum atomic E-state index is -6.00. The molecule has 1 aliphatic carbocycles. The highest BCUT2D eigenvalue weighted by Crippen LogP contribution is 2.40. The highest BCUT2D eigenvalue weighted by atomic mass is 19.5. The second-order valence-corrected chi connectivity index (χ2v) is 8.27. The Morgan fingerprint density at radius 3 is 2.33 bits per heavy atom. The number of fused-ring (bicyclic) bond motifs is 5. The van der Waals surface area contributed by atoms with E-state index in [2.05, 4.69) is 72.7 Å². The van der Waals surface area contributed by atoms with Gasteiger partial charge in [0, 0.05) is 17.4 Å². The normalized spacial score (nSPS) is 19.4. The van der Waals surface area contributed by atoms with Crippen LogP contribution in [0.4, 0.5) is 17.3 Å². The van der Waals surface area contributed by atoms with Crippen molar-refractivity contribution < 1.29 is 21.8 Å². The summed E-state index contributed by atoms with van der Waals surface area (Å²) >= 11 is 0. The summed E-state index contributed by atoms with van der Waals surface area (Å²) in [4.78, 5) is 0. The maximum Gasteiger partial charge on any atom is 0.673 e. The lowest BCUT2D eigenvalue weighted by Gasteiger charge is -2.23. The predicted octanol–water partition coefficient (Wildman–Crippen LogP) is 5.09. The van der Waals surface area contributed by atoms with Crippen molar-refractivity contribution >= 4 is 7.25 Å². The van der Waals surface area contributed by atoms with Gasteiger partial charge in [-0.2, -0.15) is 0 Å². The number of hydrogen-bond acceptors (Lipinski definition) is 1. The van der Waals surface area contributed by atoms with Gasteiger partial charge < -0.3 is 17.3 Å². The van der Waals surface area contributed by atoms with Crippen molar-refractivity contribution in [2.75, 3.05) is 0 Å². The minimum Gasteiger partial charge on any atom is -0.418 e. The average molecular weight is 417 g/mol. The van der Waals surface area contributed by atoms with Crippen LogP contribution in [0, 0.1) is 26.7 Å². The summed E-state index contributed by atoms with van der Waals surface area (Å²) in [6.07, 6.45) is 5.76. The van der Waals surface area contributed by atoms with Crippen molar-refractivity contribution in [3.63, 3.8) is 0 Å². The first-order valence-electron chi connectivity index (χ1n) is 10.1. The van der Waals surface area contributed by atoms with Crippen molar-refractivity contribution in [1.82, 2.24) is 9.78 Å². The van der Waals surface area contributed by atoms with Crippen LogP contribution in [0.5, 0.6) is 0 Å². The Morgan fingerprint density at radius 1 is 1.03 bits per heavy atom. The summed E-state index contributed by atoms with van der Waals surface area (Å²) < 4.78 is 43.6. The Morgan fingerprint density at radius 2 is 1.67 bits per heavy atom. The largest absolute Gasteiger partial charge is 0.673 e. The van der Waals surface area contributed by atoms with E-state index in [-0.39, 0.29) is 0 Å². The molecule has 2 aromatic carbocycles. The van der Waals surface area contributed by atoms with Crippen LogP contribution >= 0.6 is 0 Å². The Balaban J connectivity index is 0.000000393. The van der Waals surface area contributed by atoms with E-state index in [1.807, 2.05) is 0 Å². The summed E-state index contributed by atoms with van der Waals surface area (Å²) in [5.74, 6) is 1.94. The second kappa shape index (κ2) is 7.56. The molecule has 0 amide bonds. The van der Waals surface area contributed by atoms with Gasteiger partial charge in [-0.1, -0.05) is 46.6 Å². The Hall–Kier alpha value is -2.64. The molecule has 0 N–H and O–H groups in total. The third kappa shape index (κ3) is 4.00. The number of aryl methyl sites for hydroxylation is 4. The zero-order valence-electron chi connectivity index (χ0n) is 17.2. The van der Waals surface area contributed by atoms with Gasteiger partial charge >= 0.3 is 7.25 Å². The summed E-state index contributed by atoms with van der Waals surface area (Å²) in [7, 11) is -6.00. The van der Waals surface area contributed by atoms with Gasteiger partial charge in [0.1, 0.15) is 11.7 Å². The molecule has 0 radical (unpaired) electrons. The molecule has 1 aliphatic heterocycles. The van der Waals surface area contributed by atoms with Gasteiger partial charge in [0.15, 0.2) is 0 Å². The Labute approximate surface area is 173 Å². The van der Waals surface area contributed by atoms with E-state index in [0.717, 1.165) is 6.42 Å². The summed E-state index contributed by atoms with van der Waals surface area (Å²) in [6.45, 7) is 6.54. The van der Waals surface area contributed by atoms with Crippen molar-refractivity contribution in [1.29, 1.82) is 0 Å². The maximum absolute atomic E-state index is 9.75. The van der Waals surface area contributed by atoms with E-state index in [1.54, 1.807) is 0 Å². The predicted molar refractivity (Wildman–Crippen MR) is 108 cm³/mol. The van der Waals surface area contributed by atoms with E-state index >= 15 is 0 Å². The third-order valence-corrected chi connectivity index (χ3v) is 5.96. The molecule has 0 saturated carbocycles.